The summed E-state index contributed by atoms with van der Waals surface area (Å²) in [6.45, 7) is 0. The van der Waals surface area contributed by atoms with Crippen LogP contribution in [-0.4, -0.2) is 31.7 Å². The third-order valence-corrected chi connectivity index (χ3v) is 6.18. The molecule has 0 radical (unpaired) electrons. The Morgan fingerprint density at radius 1 is 1.03 bits per heavy atom. The molecule has 0 aliphatic heterocycles. The maximum atomic E-state index is 14.0. The Bertz CT molecular complexity index is 1260. The number of nitrogens with zero attached hydrogens (tertiary/aromatic N) is 3. The first kappa shape index (κ1) is 21.8. The van der Waals surface area contributed by atoms with E-state index in [1.807, 2.05) is 30.3 Å². The van der Waals surface area contributed by atoms with E-state index in [-0.39, 0.29) is 11.3 Å². The number of nitro benzene ring substituents is 1. The summed E-state index contributed by atoms with van der Waals surface area (Å²) in [6.07, 6.45) is -3.49. The van der Waals surface area contributed by atoms with Crippen LogP contribution in [0.25, 0.3) is 16.6 Å². The van der Waals surface area contributed by atoms with Crippen molar-refractivity contribution in [1.82, 2.24) is 9.78 Å². The van der Waals surface area contributed by atoms with Crippen LogP contribution in [0.1, 0.15) is 5.56 Å². The topological polar surface area (TPSA) is 81.2 Å². The molecule has 0 saturated carbocycles. The summed E-state index contributed by atoms with van der Waals surface area (Å²) in [4.78, 5) is 10.5. The van der Waals surface area contributed by atoms with Crippen molar-refractivity contribution < 1.29 is 23.2 Å². The first-order valence-electron chi connectivity index (χ1n) is 9.39. The van der Waals surface area contributed by atoms with Gasteiger partial charge in [-0.25, -0.2) is 4.68 Å². The lowest BCUT2D eigenvalue weighted by Gasteiger charge is -2.30. The SMILES string of the molecule is O=[N+]([O-])c1ccc(SCC(O)(c2ccc3c(cnn3-c3ccccc3)c2)C(F)(F)F)cc1. The van der Waals surface area contributed by atoms with Gasteiger partial charge in [-0.15, -0.1) is 11.8 Å². The molecule has 4 aromatic rings. The van der Waals surface area contributed by atoms with Crippen LogP contribution in [0.5, 0.6) is 0 Å². The minimum atomic E-state index is -4.94. The van der Waals surface area contributed by atoms with E-state index in [0.29, 0.717) is 15.8 Å². The number of para-hydroxylation sites is 1. The Kier molecular flexibility index (Phi) is 5.66. The third kappa shape index (κ3) is 4.06. The number of aliphatic hydroxyl groups is 1. The average molecular weight is 459 g/mol. The average Bonchev–Trinajstić information content (AvgIpc) is 3.21. The highest BCUT2D eigenvalue weighted by atomic mass is 32.2. The van der Waals surface area contributed by atoms with Gasteiger partial charge < -0.3 is 5.11 Å². The second-order valence-electron chi connectivity index (χ2n) is 7.06. The van der Waals surface area contributed by atoms with E-state index in [0.717, 1.165) is 17.4 Å². The Balaban J connectivity index is 1.66. The van der Waals surface area contributed by atoms with Crippen LogP contribution in [-0.2, 0) is 5.60 Å². The van der Waals surface area contributed by atoms with E-state index in [2.05, 4.69) is 5.10 Å². The van der Waals surface area contributed by atoms with Crippen molar-refractivity contribution >= 4 is 28.4 Å². The van der Waals surface area contributed by atoms with E-state index in [1.165, 1.54) is 48.7 Å². The first-order valence-corrected chi connectivity index (χ1v) is 10.4. The first-order chi connectivity index (χ1) is 15.2. The molecule has 4 rings (SSSR count). The van der Waals surface area contributed by atoms with Gasteiger partial charge in [0.1, 0.15) is 0 Å². The number of hydrogen-bond acceptors (Lipinski definition) is 5. The van der Waals surface area contributed by atoms with Crippen LogP contribution < -0.4 is 0 Å². The molecule has 0 saturated heterocycles. The molecule has 6 nitrogen and oxygen atoms in total. The number of nitro groups is 1. The fourth-order valence-electron chi connectivity index (χ4n) is 3.25. The predicted molar refractivity (Wildman–Crippen MR) is 115 cm³/mol. The Morgan fingerprint density at radius 2 is 1.72 bits per heavy atom. The zero-order chi connectivity index (χ0) is 22.9. The summed E-state index contributed by atoms with van der Waals surface area (Å²) in [7, 11) is 0. The quantitative estimate of drug-likeness (QED) is 0.235. The van der Waals surface area contributed by atoms with Gasteiger partial charge in [0.2, 0.25) is 0 Å². The fraction of sp³-hybridized carbons (Fsp3) is 0.136. The monoisotopic (exact) mass is 459 g/mol. The largest absolute Gasteiger partial charge is 0.422 e. The molecule has 0 spiro atoms. The molecular formula is C22H16F3N3O3S. The molecule has 164 valence electrons. The van der Waals surface area contributed by atoms with Crippen molar-refractivity contribution in [2.45, 2.75) is 16.7 Å². The fourth-order valence-corrected chi connectivity index (χ4v) is 4.28. The summed E-state index contributed by atoms with van der Waals surface area (Å²) < 4.78 is 43.5. The lowest BCUT2D eigenvalue weighted by molar-refractivity contribution is -0.384. The number of thioether (sulfide) groups is 1. The second-order valence-corrected chi connectivity index (χ2v) is 8.11. The van der Waals surface area contributed by atoms with E-state index >= 15 is 0 Å². The van der Waals surface area contributed by atoms with Crippen molar-refractivity contribution in [3.63, 3.8) is 0 Å². The molecule has 1 unspecified atom stereocenters. The molecule has 1 heterocycles. The molecule has 1 aromatic heterocycles. The van der Waals surface area contributed by atoms with E-state index in [9.17, 15) is 28.4 Å². The molecule has 1 N–H and O–H groups in total. The zero-order valence-electron chi connectivity index (χ0n) is 16.4. The molecule has 0 amide bonds. The van der Waals surface area contributed by atoms with Gasteiger partial charge in [-0.1, -0.05) is 24.3 Å². The van der Waals surface area contributed by atoms with E-state index in [4.69, 9.17) is 0 Å². The van der Waals surface area contributed by atoms with Crippen LogP contribution in [0.3, 0.4) is 0 Å². The Hall–Kier alpha value is -3.37. The van der Waals surface area contributed by atoms with Gasteiger partial charge in [0.15, 0.2) is 5.60 Å². The molecule has 3 aromatic carbocycles. The minimum Gasteiger partial charge on any atom is -0.376 e. The van der Waals surface area contributed by atoms with Gasteiger partial charge in [-0.05, 0) is 42.0 Å². The maximum absolute atomic E-state index is 14.0. The lowest BCUT2D eigenvalue weighted by atomic mass is 9.94. The van der Waals surface area contributed by atoms with Crippen molar-refractivity contribution in [2.75, 3.05) is 5.75 Å². The maximum Gasteiger partial charge on any atom is 0.422 e. The number of fused-ring (bicyclic) bond motifs is 1. The number of alkyl halides is 3. The summed E-state index contributed by atoms with van der Waals surface area (Å²) in [5.41, 5.74) is -2.23. The highest BCUT2D eigenvalue weighted by Crippen LogP contribution is 2.43. The van der Waals surface area contributed by atoms with Crippen molar-refractivity contribution in [1.29, 1.82) is 0 Å². The molecule has 0 bridgehead atoms. The van der Waals surface area contributed by atoms with Crippen LogP contribution in [0.4, 0.5) is 18.9 Å². The number of rotatable bonds is 6. The lowest BCUT2D eigenvalue weighted by Crippen LogP contribution is -2.44. The van der Waals surface area contributed by atoms with E-state index in [1.54, 1.807) is 4.68 Å². The molecule has 32 heavy (non-hydrogen) atoms. The molecular weight excluding hydrogens is 443 g/mol. The number of hydrogen-bond donors (Lipinski definition) is 1. The molecule has 0 fully saturated rings. The summed E-state index contributed by atoms with van der Waals surface area (Å²) in [5, 5.41) is 26.2. The van der Waals surface area contributed by atoms with Gasteiger partial charge in [-0.3, -0.25) is 10.1 Å². The number of non-ortho nitro benzene ring substituents is 1. The van der Waals surface area contributed by atoms with Crippen molar-refractivity contribution in [3.8, 4) is 5.69 Å². The Morgan fingerprint density at radius 3 is 2.34 bits per heavy atom. The van der Waals surface area contributed by atoms with Crippen LogP contribution >= 0.6 is 11.8 Å². The minimum absolute atomic E-state index is 0.165. The predicted octanol–water partition coefficient (Wildman–Crippen LogP) is 5.48. The second kappa shape index (κ2) is 8.29. The van der Waals surface area contributed by atoms with Gasteiger partial charge in [0, 0.05) is 28.2 Å². The third-order valence-electron chi connectivity index (χ3n) is 5.01. The zero-order valence-corrected chi connectivity index (χ0v) is 17.2. The number of aromatic nitrogens is 2. The summed E-state index contributed by atoms with van der Waals surface area (Å²) in [6, 6.07) is 18.3. The standard InChI is InChI=1S/C22H16F3N3O3S/c23-22(24,25)21(29,14-32-19-9-7-18(8-10-19)28(30)31)16-6-11-20-15(12-16)13-26-27(20)17-4-2-1-3-5-17/h1-13,29H,14H2. The van der Waals surface area contributed by atoms with Crippen LogP contribution in [0.15, 0.2) is 83.9 Å². The normalized spacial score (nSPS) is 13.8. The van der Waals surface area contributed by atoms with E-state index < -0.39 is 22.5 Å². The Labute approximate surface area is 184 Å². The molecule has 0 aliphatic rings. The smallest absolute Gasteiger partial charge is 0.376 e. The molecule has 1 atom stereocenters. The van der Waals surface area contributed by atoms with Gasteiger partial charge in [-0.2, -0.15) is 18.3 Å². The number of benzene rings is 3. The number of halogens is 3. The highest BCUT2D eigenvalue weighted by molar-refractivity contribution is 7.99. The molecule has 0 aliphatic carbocycles. The summed E-state index contributed by atoms with van der Waals surface area (Å²) in [5.74, 6) is -0.716. The van der Waals surface area contributed by atoms with Gasteiger partial charge >= 0.3 is 6.18 Å². The van der Waals surface area contributed by atoms with Crippen LogP contribution in [0.2, 0.25) is 0 Å². The molecule has 10 heteroatoms. The van der Waals surface area contributed by atoms with Gasteiger partial charge in [0.05, 0.1) is 22.3 Å². The van der Waals surface area contributed by atoms with Crippen LogP contribution in [0, 0.1) is 10.1 Å². The highest BCUT2D eigenvalue weighted by Gasteiger charge is 2.55. The summed E-state index contributed by atoms with van der Waals surface area (Å²) >= 11 is 0.764. The van der Waals surface area contributed by atoms with Crippen molar-refractivity contribution in [3.05, 3.63) is 94.7 Å². The van der Waals surface area contributed by atoms with Gasteiger partial charge in [0.25, 0.3) is 5.69 Å². The van der Waals surface area contributed by atoms with Crippen molar-refractivity contribution in [2.24, 2.45) is 0 Å².